The second-order valence-corrected chi connectivity index (χ2v) is 7.99. The molecule has 2 rings (SSSR count). The number of nitrogens with one attached hydrogen (secondary N) is 1. The van der Waals surface area contributed by atoms with E-state index in [1.54, 1.807) is 0 Å². The normalized spacial score (nSPS) is 17.7. The summed E-state index contributed by atoms with van der Waals surface area (Å²) in [5, 5.41) is 3.12. The van der Waals surface area contributed by atoms with Crippen molar-refractivity contribution in [2.24, 2.45) is 5.92 Å². The van der Waals surface area contributed by atoms with E-state index in [9.17, 15) is 9.59 Å². The first-order valence-corrected chi connectivity index (χ1v) is 10.1. The number of nitrogens with zero attached hydrogens (tertiary/aromatic N) is 1. The molecule has 0 aromatic heterocycles. The van der Waals surface area contributed by atoms with Crippen molar-refractivity contribution in [3.8, 4) is 0 Å². The molecule has 1 fully saturated rings. The number of benzene rings is 1. The van der Waals surface area contributed by atoms with Crippen molar-refractivity contribution in [3.05, 3.63) is 35.4 Å². The van der Waals surface area contributed by atoms with Crippen LogP contribution >= 0.6 is 0 Å². The van der Waals surface area contributed by atoms with Crippen molar-refractivity contribution in [1.29, 1.82) is 0 Å². The summed E-state index contributed by atoms with van der Waals surface area (Å²) in [6.45, 7) is 7.37. The van der Waals surface area contributed by atoms with Crippen LogP contribution in [-0.4, -0.2) is 43.0 Å². The highest BCUT2D eigenvalue weighted by Crippen LogP contribution is 2.16. The third kappa shape index (κ3) is 8.12. The zero-order valence-electron chi connectivity index (χ0n) is 17.0. The van der Waals surface area contributed by atoms with E-state index in [1.807, 2.05) is 0 Å². The number of rotatable bonds is 9. The summed E-state index contributed by atoms with van der Waals surface area (Å²) in [5.74, 6) is 0.449. The maximum atomic E-state index is 12.1. The largest absolute Gasteiger partial charge is 0.469 e. The fraction of sp³-hybridized carbons (Fsp3) is 0.636. The molecule has 0 bridgehead atoms. The van der Waals surface area contributed by atoms with Crippen LogP contribution < -0.4 is 5.32 Å². The zero-order valence-corrected chi connectivity index (χ0v) is 17.0. The minimum absolute atomic E-state index is 0.0313. The lowest BCUT2D eigenvalue weighted by Gasteiger charge is -2.33. The molecular formula is C22H34N2O3. The van der Waals surface area contributed by atoms with E-state index in [4.69, 9.17) is 0 Å². The van der Waals surface area contributed by atoms with Crippen LogP contribution in [0.3, 0.4) is 0 Å². The van der Waals surface area contributed by atoms with E-state index in [-0.39, 0.29) is 17.9 Å². The van der Waals surface area contributed by atoms with Crippen molar-refractivity contribution >= 4 is 11.9 Å². The van der Waals surface area contributed by atoms with Crippen LogP contribution in [0.5, 0.6) is 0 Å². The van der Waals surface area contributed by atoms with Gasteiger partial charge in [-0.3, -0.25) is 14.5 Å². The third-order valence-electron chi connectivity index (χ3n) is 4.96. The third-order valence-corrected chi connectivity index (χ3v) is 4.96. The molecular weight excluding hydrogens is 340 g/mol. The summed E-state index contributed by atoms with van der Waals surface area (Å²) in [5.41, 5.74) is 2.72. The fourth-order valence-corrected chi connectivity index (χ4v) is 3.62. The first-order chi connectivity index (χ1) is 13.0. The minimum Gasteiger partial charge on any atom is -0.469 e. The highest BCUT2D eigenvalue weighted by atomic mass is 16.5. The number of likely N-dealkylation sites (tertiary alicyclic amines) is 1. The molecule has 1 aliphatic heterocycles. The summed E-state index contributed by atoms with van der Waals surface area (Å²) >= 11 is 0. The molecule has 1 saturated heterocycles. The van der Waals surface area contributed by atoms with Crippen LogP contribution in [-0.2, 0) is 27.3 Å². The summed E-state index contributed by atoms with van der Waals surface area (Å²) in [6, 6.07) is 9.13. The maximum Gasteiger partial charge on any atom is 0.305 e. The second kappa shape index (κ2) is 11.1. The smallest absolute Gasteiger partial charge is 0.305 e. The topological polar surface area (TPSA) is 58.6 Å². The average molecular weight is 375 g/mol. The Morgan fingerprint density at radius 2 is 1.89 bits per heavy atom. The number of carbonyl (C=O) groups excluding carboxylic acids is 2. The van der Waals surface area contributed by atoms with Crippen molar-refractivity contribution in [2.45, 2.75) is 65.0 Å². The predicted octanol–water partition coefficient (Wildman–Crippen LogP) is 3.31. The fourth-order valence-electron chi connectivity index (χ4n) is 3.62. The number of hydrogen-bond acceptors (Lipinski definition) is 4. The van der Waals surface area contributed by atoms with Gasteiger partial charge in [0.15, 0.2) is 0 Å². The van der Waals surface area contributed by atoms with Gasteiger partial charge in [-0.05, 0) is 49.3 Å². The van der Waals surface area contributed by atoms with Crippen LogP contribution in [0.2, 0.25) is 0 Å². The molecule has 1 atom stereocenters. The highest BCUT2D eigenvalue weighted by molar-refractivity contribution is 5.77. The van der Waals surface area contributed by atoms with Crippen molar-refractivity contribution in [1.82, 2.24) is 10.2 Å². The van der Waals surface area contributed by atoms with Gasteiger partial charge in [0.1, 0.15) is 0 Å². The summed E-state index contributed by atoms with van der Waals surface area (Å²) < 4.78 is 4.60. The van der Waals surface area contributed by atoms with Crippen LogP contribution in [0, 0.1) is 5.92 Å². The average Bonchev–Trinajstić information content (AvgIpc) is 2.63. The monoisotopic (exact) mass is 374 g/mol. The first-order valence-electron chi connectivity index (χ1n) is 10.1. The summed E-state index contributed by atoms with van der Waals surface area (Å²) in [7, 11) is 1.37. The number of methoxy groups -OCH3 is 1. The molecule has 1 aliphatic rings. The molecule has 1 N–H and O–H groups in total. The van der Waals surface area contributed by atoms with Gasteiger partial charge in [-0.15, -0.1) is 0 Å². The molecule has 0 radical (unpaired) electrons. The Labute approximate surface area is 163 Å². The van der Waals surface area contributed by atoms with Gasteiger partial charge in [-0.2, -0.15) is 0 Å². The number of hydrogen-bond donors (Lipinski definition) is 1. The van der Waals surface area contributed by atoms with Gasteiger partial charge in [0, 0.05) is 32.0 Å². The van der Waals surface area contributed by atoms with E-state index in [0.29, 0.717) is 25.2 Å². The van der Waals surface area contributed by atoms with Gasteiger partial charge >= 0.3 is 5.97 Å². The Hall–Kier alpha value is -1.88. The zero-order chi connectivity index (χ0) is 19.6. The number of piperidine rings is 1. The first kappa shape index (κ1) is 21.4. The number of amides is 1. The van der Waals surface area contributed by atoms with Gasteiger partial charge in [-0.25, -0.2) is 0 Å². The van der Waals surface area contributed by atoms with E-state index in [2.05, 4.69) is 53.1 Å². The molecule has 0 spiro atoms. The lowest BCUT2D eigenvalue weighted by molar-refractivity contribution is -0.140. The minimum atomic E-state index is -0.258. The molecule has 5 heteroatoms. The second-order valence-electron chi connectivity index (χ2n) is 7.99. The van der Waals surface area contributed by atoms with Gasteiger partial charge in [0.2, 0.25) is 5.91 Å². The Morgan fingerprint density at radius 1 is 1.19 bits per heavy atom. The predicted molar refractivity (Wildman–Crippen MR) is 107 cm³/mol. The lowest BCUT2D eigenvalue weighted by Crippen LogP contribution is -2.47. The van der Waals surface area contributed by atoms with E-state index in [0.717, 1.165) is 38.9 Å². The Balaban J connectivity index is 1.75. The van der Waals surface area contributed by atoms with Crippen LogP contribution in [0.4, 0.5) is 0 Å². The summed E-state index contributed by atoms with van der Waals surface area (Å²) in [6.07, 6.45) is 4.45. The quantitative estimate of drug-likeness (QED) is 0.674. The Morgan fingerprint density at radius 3 is 2.56 bits per heavy atom. The number of carbonyl (C=O) groups is 2. The Kier molecular flexibility index (Phi) is 8.79. The van der Waals surface area contributed by atoms with Gasteiger partial charge in [-0.1, -0.05) is 38.1 Å². The molecule has 1 aromatic rings. The molecule has 150 valence electrons. The van der Waals surface area contributed by atoms with Gasteiger partial charge in [0.25, 0.3) is 0 Å². The summed E-state index contributed by atoms with van der Waals surface area (Å²) in [4.78, 5) is 25.6. The molecule has 0 saturated carbocycles. The maximum absolute atomic E-state index is 12.1. The van der Waals surface area contributed by atoms with Crippen molar-refractivity contribution in [2.75, 3.05) is 20.2 Å². The Bertz CT molecular complexity index is 598. The SMILES string of the molecule is COC(=O)CCCC(=O)N[C@@H]1CCCN(Cc2ccc(CC(C)C)cc2)C1. The van der Waals surface area contributed by atoms with Gasteiger partial charge < -0.3 is 10.1 Å². The molecule has 5 nitrogen and oxygen atoms in total. The van der Waals surface area contributed by atoms with E-state index >= 15 is 0 Å². The van der Waals surface area contributed by atoms with Crippen LogP contribution in [0.15, 0.2) is 24.3 Å². The van der Waals surface area contributed by atoms with Crippen molar-refractivity contribution in [3.63, 3.8) is 0 Å². The molecule has 0 unspecified atom stereocenters. The highest BCUT2D eigenvalue weighted by Gasteiger charge is 2.21. The number of ether oxygens (including phenoxy) is 1. The molecule has 1 amide bonds. The molecule has 27 heavy (non-hydrogen) atoms. The van der Waals surface area contributed by atoms with Gasteiger partial charge in [0.05, 0.1) is 7.11 Å². The van der Waals surface area contributed by atoms with Crippen LogP contribution in [0.25, 0.3) is 0 Å². The van der Waals surface area contributed by atoms with Crippen LogP contribution in [0.1, 0.15) is 57.1 Å². The van der Waals surface area contributed by atoms with Crippen molar-refractivity contribution < 1.29 is 14.3 Å². The molecule has 1 aromatic carbocycles. The molecule has 0 aliphatic carbocycles. The number of esters is 1. The standard InChI is InChI=1S/C22H34N2O3/c1-17(2)14-18-9-11-19(12-10-18)15-24-13-5-6-20(16-24)23-21(25)7-4-8-22(26)27-3/h9-12,17,20H,4-8,13-16H2,1-3H3,(H,23,25)/t20-/m1/s1. The molecule has 1 heterocycles. The van der Waals surface area contributed by atoms with E-state index in [1.165, 1.54) is 18.2 Å². The van der Waals surface area contributed by atoms with E-state index < -0.39 is 0 Å². The lowest BCUT2D eigenvalue weighted by atomic mass is 10.0.